The van der Waals surface area contributed by atoms with Gasteiger partial charge < -0.3 is 10.1 Å². The topological polar surface area (TPSA) is 41.6 Å². The van der Waals surface area contributed by atoms with Gasteiger partial charge in [0.1, 0.15) is 5.75 Å². The fraction of sp³-hybridized carbons (Fsp3) is 0.435. The molecule has 0 bridgehead atoms. The number of nitrogens with one attached hydrogen (secondary N) is 1. The predicted octanol–water partition coefficient (Wildman–Crippen LogP) is 5.10. The minimum Gasteiger partial charge on any atom is -0.491 e. The molecule has 4 nitrogen and oxygen atoms in total. The molecule has 1 N–H and O–H groups in total. The zero-order valence-corrected chi connectivity index (χ0v) is 16.4. The lowest BCUT2D eigenvalue weighted by atomic mass is 10.1. The van der Waals surface area contributed by atoms with Gasteiger partial charge in [-0.15, -0.1) is 0 Å². The van der Waals surface area contributed by atoms with Crippen LogP contribution < -0.4 is 10.1 Å². The summed E-state index contributed by atoms with van der Waals surface area (Å²) < 4.78 is 5.68. The number of ether oxygens (including phenoxy) is 1. The van der Waals surface area contributed by atoms with E-state index in [4.69, 9.17) is 4.74 Å². The van der Waals surface area contributed by atoms with Crippen molar-refractivity contribution in [1.29, 1.82) is 0 Å². The maximum Gasteiger partial charge on any atom is 0.255 e. The van der Waals surface area contributed by atoms with E-state index < -0.39 is 0 Å². The minimum atomic E-state index is -0.0991. The van der Waals surface area contributed by atoms with Gasteiger partial charge in [-0.1, -0.05) is 31.0 Å². The Bertz CT molecular complexity index is 732. The second kappa shape index (κ2) is 9.56. The molecule has 1 saturated heterocycles. The molecule has 27 heavy (non-hydrogen) atoms. The van der Waals surface area contributed by atoms with Crippen molar-refractivity contribution < 1.29 is 9.53 Å². The van der Waals surface area contributed by atoms with Crippen molar-refractivity contribution in [1.82, 2.24) is 4.90 Å². The van der Waals surface area contributed by atoms with Crippen LogP contribution in [0.15, 0.2) is 48.5 Å². The number of carbonyl (C=O) groups excluding carboxylic acids is 1. The van der Waals surface area contributed by atoms with Crippen molar-refractivity contribution in [2.24, 2.45) is 0 Å². The van der Waals surface area contributed by atoms with Crippen molar-refractivity contribution in [3.63, 3.8) is 0 Å². The molecule has 2 aromatic carbocycles. The molecule has 1 fully saturated rings. The Morgan fingerprint density at radius 1 is 1.04 bits per heavy atom. The summed E-state index contributed by atoms with van der Waals surface area (Å²) in [5.74, 6) is 0.661. The van der Waals surface area contributed by atoms with Gasteiger partial charge in [-0.05, 0) is 69.6 Å². The molecule has 1 aliphatic rings. The van der Waals surface area contributed by atoms with E-state index >= 15 is 0 Å². The number of amides is 1. The van der Waals surface area contributed by atoms with Crippen LogP contribution in [0.1, 0.15) is 55.5 Å². The van der Waals surface area contributed by atoms with E-state index in [1.807, 2.05) is 50.2 Å². The van der Waals surface area contributed by atoms with Crippen LogP contribution in [-0.2, 0) is 6.54 Å². The smallest absolute Gasteiger partial charge is 0.255 e. The number of hydrogen-bond donors (Lipinski definition) is 1. The fourth-order valence-electron chi connectivity index (χ4n) is 3.44. The molecule has 0 atom stereocenters. The van der Waals surface area contributed by atoms with Crippen LogP contribution in [0.3, 0.4) is 0 Å². The molecule has 0 unspecified atom stereocenters. The van der Waals surface area contributed by atoms with Crippen LogP contribution in [0.2, 0.25) is 0 Å². The molecule has 1 heterocycles. The number of benzene rings is 2. The van der Waals surface area contributed by atoms with Gasteiger partial charge in [-0.2, -0.15) is 0 Å². The first-order valence-corrected chi connectivity index (χ1v) is 9.99. The van der Waals surface area contributed by atoms with E-state index in [2.05, 4.69) is 22.3 Å². The monoisotopic (exact) mass is 366 g/mol. The molecular weight excluding hydrogens is 336 g/mol. The van der Waals surface area contributed by atoms with Gasteiger partial charge in [0, 0.05) is 23.9 Å². The van der Waals surface area contributed by atoms with Crippen LogP contribution in [0.4, 0.5) is 5.69 Å². The molecule has 0 aromatic heterocycles. The Balaban J connectivity index is 1.58. The Hall–Kier alpha value is -2.33. The van der Waals surface area contributed by atoms with Gasteiger partial charge in [0.2, 0.25) is 0 Å². The third-order valence-electron chi connectivity index (χ3n) is 4.78. The molecule has 0 aliphatic carbocycles. The Morgan fingerprint density at radius 2 is 1.74 bits per heavy atom. The maximum absolute atomic E-state index is 12.5. The molecule has 3 rings (SSSR count). The maximum atomic E-state index is 12.5. The summed E-state index contributed by atoms with van der Waals surface area (Å²) in [5, 5.41) is 2.95. The average Bonchev–Trinajstić information content (AvgIpc) is 2.91. The number of likely N-dealkylation sites (tertiary alicyclic amines) is 1. The number of nitrogens with zero attached hydrogens (tertiary/aromatic N) is 1. The van der Waals surface area contributed by atoms with Gasteiger partial charge in [0.25, 0.3) is 5.91 Å². The second-order valence-corrected chi connectivity index (χ2v) is 7.54. The highest BCUT2D eigenvalue weighted by Gasteiger charge is 2.11. The number of hydrogen-bond acceptors (Lipinski definition) is 3. The standard InChI is InChI=1S/C23H30N2O2/c1-18(2)27-22-9-7-8-21(16-22)24-23(26)20-12-10-19(11-13-20)17-25-14-5-3-4-6-15-25/h7-13,16,18H,3-6,14-15,17H2,1-2H3,(H,24,26). The van der Waals surface area contributed by atoms with Crippen molar-refractivity contribution in [3.8, 4) is 5.75 Å². The first-order valence-electron chi connectivity index (χ1n) is 9.99. The molecular formula is C23H30N2O2. The van der Waals surface area contributed by atoms with Gasteiger partial charge >= 0.3 is 0 Å². The molecule has 4 heteroatoms. The van der Waals surface area contributed by atoms with Crippen LogP contribution in [-0.4, -0.2) is 30.0 Å². The summed E-state index contributed by atoms with van der Waals surface area (Å²) in [6, 6.07) is 15.5. The first-order chi connectivity index (χ1) is 13.1. The minimum absolute atomic E-state index is 0.0991. The van der Waals surface area contributed by atoms with Crippen LogP contribution in [0.25, 0.3) is 0 Å². The molecule has 144 valence electrons. The lowest BCUT2D eigenvalue weighted by Gasteiger charge is -2.19. The number of carbonyl (C=O) groups is 1. The van der Waals surface area contributed by atoms with Gasteiger partial charge in [0.05, 0.1) is 6.10 Å². The summed E-state index contributed by atoms with van der Waals surface area (Å²) in [7, 11) is 0. The van der Waals surface area contributed by atoms with Crippen LogP contribution in [0, 0.1) is 0 Å². The molecule has 0 radical (unpaired) electrons. The summed E-state index contributed by atoms with van der Waals surface area (Å²) in [6.45, 7) is 7.29. The van der Waals surface area contributed by atoms with Crippen molar-refractivity contribution >= 4 is 11.6 Å². The third-order valence-corrected chi connectivity index (χ3v) is 4.78. The van der Waals surface area contributed by atoms with Gasteiger partial charge in [-0.25, -0.2) is 0 Å². The van der Waals surface area contributed by atoms with E-state index in [-0.39, 0.29) is 12.0 Å². The quantitative estimate of drug-likeness (QED) is 0.773. The molecule has 1 amide bonds. The van der Waals surface area contributed by atoms with Crippen LogP contribution >= 0.6 is 0 Å². The van der Waals surface area contributed by atoms with Gasteiger partial charge in [-0.3, -0.25) is 9.69 Å². The summed E-state index contributed by atoms with van der Waals surface area (Å²) in [5.41, 5.74) is 2.68. The first kappa shape index (κ1) is 19.4. The van der Waals surface area contributed by atoms with Gasteiger partial charge in [0.15, 0.2) is 0 Å². The van der Waals surface area contributed by atoms with Crippen molar-refractivity contribution in [2.75, 3.05) is 18.4 Å². The predicted molar refractivity (Wildman–Crippen MR) is 110 cm³/mol. The van der Waals surface area contributed by atoms with E-state index in [0.717, 1.165) is 18.0 Å². The van der Waals surface area contributed by atoms with Crippen LogP contribution in [0.5, 0.6) is 5.75 Å². The zero-order valence-electron chi connectivity index (χ0n) is 16.4. The molecule has 0 spiro atoms. The van der Waals surface area contributed by atoms with Crippen molar-refractivity contribution in [3.05, 3.63) is 59.7 Å². The van der Waals surface area contributed by atoms with E-state index in [1.165, 1.54) is 44.3 Å². The van der Waals surface area contributed by atoms with E-state index in [0.29, 0.717) is 5.56 Å². The lowest BCUT2D eigenvalue weighted by Crippen LogP contribution is -2.24. The summed E-state index contributed by atoms with van der Waals surface area (Å²) in [6.07, 6.45) is 5.38. The Labute approximate surface area is 162 Å². The highest BCUT2D eigenvalue weighted by atomic mass is 16.5. The molecule has 0 saturated carbocycles. The zero-order chi connectivity index (χ0) is 19.1. The molecule has 1 aliphatic heterocycles. The highest BCUT2D eigenvalue weighted by Crippen LogP contribution is 2.20. The van der Waals surface area contributed by atoms with E-state index in [1.54, 1.807) is 0 Å². The van der Waals surface area contributed by atoms with E-state index in [9.17, 15) is 4.79 Å². The third kappa shape index (κ3) is 6.10. The average molecular weight is 367 g/mol. The Kier molecular flexibility index (Phi) is 6.88. The number of anilines is 1. The SMILES string of the molecule is CC(C)Oc1cccc(NC(=O)c2ccc(CN3CCCCCC3)cc2)c1. The number of rotatable bonds is 6. The lowest BCUT2D eigenvalue weighted by molar-refractivity contribution is 0.102. The molecule has 2 aromatic rings. The summed E-state index contributed by atoms with van der Waals surface area (Å²) >= 11 is 0. The summed E-state index contributed by atoms with van der Waals surface area (Å²) in [4.78, 5) is 15.0. The highest BCUT2D eigenvalue weighted by molar-refractivity contribution is 6.04. The Morgan fingerprint density at radius 3 is 2.41 bits per heavy atom. The fourth-order valence-corrected chi connectivity index (χ4v) is 3.44. The normalized spacial score (nSPS) is 15.4. The van der Waals surface area contributed by atoms with Crippen molar-refractivity contribution in [2.45, 2.75) is 52.2 Å². The largest absolute Gasteiger partial charge is 0.491 e. The second-order valence-electron chi connectivity index (χ2n) is 7.54.